The number of rotatable bonds is 2. The molecular formula is C15H20N4O2. The number of benzene rings is 1. The second kappa shape index (κ2) is 4.87. The van der Waals surface area contributed by atoms with E-state index >= 15 is 0 Å². The highest BCUT2D eigenvalue weighted by Crippen LogP contribution is 2.29. The highest BCUT2D eigenvalue weighted by atomic mass is 16.2. The topological polar surface area (TPSA) is 67.2 Å². The minimum Gasteiger partial charge on any atom is -0.278 e. The highest BCUT2D eigenvalue weighted by Gasteiger charge is 2.27. The molecule has 3 amide bonds. The Morgan fingerprint density at radius 1 is 1.33 bits per heavy atom. The zero-order valence-electron chi connectivity index (χ0n) is 12.4. The molecule has 0 radical (unpaired) electrons. The summed E-state index contributed by atoms with van der Waals surface area (Å²) in [5, 5.41) is 7.71. The van der Waals surface area contributed by atoms with Crippen molar-refractivity contribution in [2.75, 3.05) is 11.4 Å². The molecule has 0 unspecified atom stereocenters. The zero-order valence-corrected chi connectivity index (χ0v) is 12.4. The number of fused-ring (bicyclic) bond motifs is 1. The van der Waals surface area contributed by atoms with Gasteiger partial charge in [-0.2, -0.15) is 5.10 Å². The van der Waals surface area contributed by atoms with Crippen molar-refractivity contribution in [3.63, 3.8) is 0 Å². The quantitative estimate of drug-likeness (QED) is 0.922. The predicted molar refractivity (Wildman–Crippen MR) is 82.4 cm³/mol. The number of anilines is 1. The van der Waals surface area contributed by atoms with Gasteiger partial charge in [-0.05, 0) is 23.6 Å². The molecule has 112 valence electrons. The fraction of sp³-hybridized carbons (Fsp3) is 0.400. The van der Waals surface area contributed by atoms with Gasteiger partial charge < -0.3 is 0 Å². The third-order valence-electron chi connectivity index (χ3n) is 3.83. The lowest BCUT2D eigenvalue weighted by Crippen LogP contribution is -2.49. The monoisotopic (exact) mass is 288 g/mol. The maximum absolute atomic E-state index is 12.0. The Morgan fingerprint density at radius 2 is 2.10 bits per heavy atom. The Bertz CT molecular complexity index is 738. The van der Waals surface area contributed by atoms with Gasteiger partial charge in [-0.3, -0.25) is 19.7 Å². The Kier molecular flexibility index (Phi) is 3.16. The Hall–Kier alpha value is -2.37. The van der Waals surface area contributed by atoms with Crippen LogP contribution in [0.3, 0.4) is 0 Å². The second-order valence-electron chi connectivity index (χ2n) is 5.63. The lowest BCUT2D eigenvalue weighted by Gasteiger charge is -2.24. The van der Waals surface area contributed by atoms with E-state index in [2.05, 4.69) is 36.4 Å². The molecule has 0 atom stereocenters. The number of imide groups is 1. The van der Waals surface area contributed by atoms with Gasteiger partial charge in [-0.1, -0.05) is 19.9 Å². The molecule has 6 heteroatoms. The number of hydrogen-bond donors (Lipinski definition) is 1. The van der Waals surface area contributed by atoms with Crippen molar-refractivity contribution >= 4 is 28.7 Å². The van der Waals surface area contributed by atoms with E-state index < -0.39 is 6.03 Å². The van der Waals surface area contributed by atoms with Crippen LogP contribution in [0.1, 0.15) is 33.2 Å². The molecule has 0 aliphatic carbocycles. The normalized spacial score (nSPS) is 15.9. The number of carbonyl (C=O) groups is 2. The number of nitrogens with one attached hydrogen (secondary N) is 1. The Balaban J connectivity index is 0.00000176. The molecular weight excluding hydrogens is 268 g/mol. The molecule has 2 heterocycles. The summed E-state index contributed by atoms with van der Waals surface area (Å²) in [6.45, 7) is 4.65. The van der Waals surface area contributed by atoms with Gasteiger partial charge in [0.05, 0.1) is 5.52 Å². The summed E-state index contributed by atoms with van der Waals surface area (Å²) < 4.78 is 1.78. The molecule has 1 aromatic heterocycles. The van der Waals surface area contributed by atoms with Crippen molar-refractivity contribution in [2.24, 2.45) is 7.05 Å². The van der Waals surface area contributed by atoms with Crippen molar-refractivity contribution in [3.05, 3.63) is 23.8 Å². The summed E-state index contributed by atoms with van der Waals surface area (Å²) in [5.41, 5.74) is 2.22. The molecule has 3 rings (SSSR count). The number of amides is 3. The van der Waals surface area contributed by atoms with Crippen molar-refractivity contribution in [2.45, 2.75) is 26.2 Å². The van der Waals surface area contributed by atoms with Gasteiger partial charge >= 0.3 is 6.03 Å². The number of urea groups is 1. The maximum atomic E-state index is 12.0. The largest absolute Gasteiger partial charge is 0.329 e. The van der Waals surface area contributed by atoms with E-state index in [4.69, 9.17) is 0 Å². The van der Waals surface area contributed by atoms with E-state index in [9.17, 15) is 9.59 Å². The highest BCUT2D eigenvalue weighted by molar-refractivity contribution is 6.08. The van der Waals surface area contributed by atoms with Crippen LogP contribution in [0, 0.1) is 0 Å². The fourth-order valence-electron chi connectivity index (χ4n) is 2.58. The lowest BCUT2D eigenvalue weighted by atomic mass is 10.0. The van der Waals surface area contributed by atoms with E-state index in [1.54, 1.807) is 4.68 Å². The van der Waals surface area contributed by atoms with Crippen LogP contribution in [0.5, 0.6) is 0 Å². The van der Waals surface area contributed by atoms with Crippen LogP contribution in [0.15, 0.2) is 18.2 Å². The predicted octanol–water partition coefficient (Wildman–Crippen LogP) is 2.39. The van der Waals surface area contributed by atoms with Crippen molar-refractivity contribution < 1.29 is 11.0 Å². The molecule has 6 nitrogen and oxygen atoms in total. The minimum atomic E-state index is -0.404. The summed E-state index contributed by atoms with van der Waals surface area (Å²) in [7, 11) is 1.86. The molecule has 0 saturated carbocycles. The van der Waals surface area contributed by atoms with Gasteiger partial charge in [0.25, 0.3) is 0 Å². The molecule has 1 N–H and O–H groups in total. The van der Waals surface area contributed by atoms with Crippen molar-refractivity contribution in [1.82, 2.24) is 15.1 Å². The summed E-state index contributed by atoms with van der Waals surface area (Å²) in [6, 6.07) is 5.75. The van der Waals surface area contributed by atoms with Gasteiger partial charge in [-0.25, -0.2) is 4.79 Å². The van der Waals surface area contributed by atoms with Crippen LogP contribution in [0.4, 0.5) is 10.6 Å². The molecule has 1 aliphatic rings. The van der Waals surface area contributed by atoms with Gasteiger partial charge in [0, 0.05) is 26.8 Å². The van der Waals surface area contributed by atoms with Crippen LogP contribution >= 0.6 is 0 Å². The number of nitrogens with zero attached hydrogens (tertiary/aromatic N) is 3. The van der Waals surface area contributed by atoms with Gasteiger partial charge in [0.1, 0.15) is 0 Å². The van der Waals surface area contributed by atoms with Gasteiger partial charge in [0.2, 0.25) is 5.91 Å². The first-order chi connectivity index (χ1) is 9.97. The summed E-state index contributed by atoms with van der Waals surface area (Å²) in [6.07, 6.45) is 0.299. The molecule has 2 aromatic rings. The average Bonchev–Trinajstić information content (AvgIpc) is 2.75. The zero-order chi connectivity index (χ0) is 15.1. The van der Waals surface area contributed by atoms with Crippen molar-refractivity contribution in [3.8, 4) is 0 Å². The number of hydrogen-bond acceptors (Lipinski definition) is 3. The standard InChI is InChI=1S/C15H18N4O2.H2/c1-9(2)10-4-5-11-12(8-10)18(3)17-14(11)19-7-6-13(20)16-15(19)21;/h4-5,8-9H,6-7H2,1-3H3,(H,16,20,21);1H. The Morgan fingerprint density at radius 3 is 2.76 bits per heavy atom. The van der Waals surface area contributed by atoms with Gasteiger partial charge in [-0.15, -0.1) is 0 Å². The van der Waals surface area contributed by atoms with E-state index in [0.29, 0.717) is 24.7 Å². The van der Waals surface area contributed by atoms with Crippen LogP contribution in [0.2, 0.25) is 0 Å². The van der Waals surface area contributed by atoms with Crippen LogP contribution in [-0.4, -0.2) is 28.3 Å². The Labute approximate surface area is 124 Å². The number of carbonyl (C=O) groups excluding carboxylic acids is 2. The first-order valence-electron chi connectivity index (χ1n) is 7.05. The SMILES string of the molecule is CC(C)c1ccc2c(N3CCC(=O)NC3=O)nn(C)c2c1.[HH]. The van der Waals surface area contributed by atoms with E-state index in [0.717, 1.165) is 10.9 Å². The van der Waals surface area contributed by atoms with E-state index in [-0.39, 0.29) is 7.33 Å². The van der Waals surface area contributed by atoms with E-state index in [1.165, 1.54) is 10.5 Å². The maximum Gasteiger partial charge on any atom is 0.329 e. The molecule has 21 heavy (non-hydrogen) atoms. The fourth-order valence-corrected chi connectivity index (χ4v) is 2.58. The molecule has 1 fully saturated rings. The van der Waals surface area contributed by atoms with E-state index in [1.807, 2.05) is 13.1 Å². The third kappa shape index (κ3) is 2.26. The second-order valence-corrected chi connectivity index (χ2v) is 5.63. The number of aryl methyl sites for hydroxylation is 1. The molecule has 0 spiro atoms. The summed E-state index contributed by atoms with van der Waals surface area (Å²) in [4.78, 5) is 24.8. The molecule has 1 aliphatic heterocycles. The van der Waals surface area contributed by atoms with Gasteiger partial charge in [0.15, 0.2) is 5.82 Å². The summed E-state index contributed by atoms with van der Waals surface area (Å²) >= 11 is 0. The molecule has 1 aromatic carbocycles. The van der Waals surface area contributed by atoms with Crippen LogP contribution in [-0.2, 0) is 11.8 Å². The van der Waals surface area contributed by atoms with Crippen molar-refractivity contribution in [1.29, 1.82) is 0 Å². The van der Waals surface area contributed by atoms with Crippen LogP contribution in [0.25, 0.3) is 10.9 Å². The lowest BCUT2D eigenvalue weighted by molar-refractivity contribution is -0.120. The molecule has 1 saturated heterocycles. The summed E-state index contributed by atoms with van der Waals surface area (Å²) in [5.74, 6) is 0.801. The third-order valence-corrected chi connectivity index (χ3v) is 3.83. The first kappa shape index (κ1) is 13.6. The minimum absolute atomic E-state index is 0. The number of aromatic nitrogens is 2. The average molecular weight is 288 g/mol. The molecule has 0 bridgehead atoms. The first-order valence-corrected chi connectivity index (χ1v) is 7.05. The van der Waals surface area contributed by atoms with Crippen LogP contribution < -0.4 is 10.2 Å². The smallest absolute Gasteiger partial charge is 0.278 e.